The Hall–Kier alpha value is -2.02. The van der Waals surface area contributed by atoms with Crippen molar-refractivity contribution < 1.29 is 9.90 Å². The van der Waals surface area contributed by atoms with Crippen molar-refractivity contribution in [2.75, 3.05) is 5.84 Å². The van der Waals surface area contributed by atoms with Crippen LogP contribution in [-0.4, -0.2) is 31.2 Å². The van der Waals surface area contributed by atoms with Crippen molar-refractivity contribution in [1.82, 2.24) is 14.9 Å². The number of rotatable bonds is 4. The van der Waals surface area contributed by atoms with E-state index in [9.17, 15) is 4.79 Å². The van der Waals surface area contributed by atoms with E-state index in [2.05, 4.69) is 10.2 Å². The van der Waals surface area contributed by atoms with Gasteiger partial charge in [0.15, 0.2) is 5.82 Å². The molecule has 2 aromatic rings. The van der Waals surface area contributed by atoms with E-state index in [0.29, 0.717) is 11.0 Å². The van der Waals surface area contributed by atoms with Crippen LogP contribution in [0.2, 0.25) is 0 Å². The Morgan fingerprint density at radius 1 is 1.39 bits per heavy atom. The highest BCUT2D eigenvalue weighted by atomic mass is 32.2. The van der Waals surface area contributed by atoms with Crippen LogP contribution in [0.4, 0.5) is 0 Å². The summed E-state index contributed by atoms with van der Waals surface area (Å²) in [5, 5.41) is 16.5. The number of nitrogens with two attached hydrogens (primary N) is 1. The van der Waals surface area contributed by atoms with Crippen molar-refractivity contribution >= 4 is 17.7 Å². The highest BCUT2D eigenvalue weighted by molar-refractivity contribution is 8.00. The van der Waals surface area contributed by atoms with Crippen LogP contribution in [-0.2, 0) is 4.79 Å². The molecule has 0 bridgehead atoms. The van der Waals surface area contributed by atoms with E-state index < -0.39 is 11.2 Å². The van der Waals surface area contributed by atoms with Crippen molar-refractivity contribution in [2.45, 2.75) is 17.3 Å². The number of carboxylic acids is 1. The van der Waals surface area contributed by atoms with Crippen LogP contribution in [0, 0.1) is 0 Å². The fourth-order valence-corrected chi connectivity index (χ4v) is 2.06. The van der Waals surface area contributed by atoms with Crippen LogP contribution >= 0.6 is 11.8 Å². The van der Waals surface area contributed by atoms with Gasteiger partial charge in [-0.15, -0.1) is 10.2 Å². The van der Waals surface area contributed by atoms with Gasteiger partial charge in [0.1, 0.15) is 5.25 Å². The number of aromatic nitrogens is 3. The highest BCUT2D eigenvalue weighted by Gasteiger charge is 2.18. The van der Waals surface area contributed by atoms with Gasteiger partial charge in [0.25, 0.3) is 0 Å². The van der Waals surface area contributed by atoms with Crippen molar-refractivity contribution in [1.29, 1.82) is 0 Å². The van der Waals surface area contributed by atoms with Crippen molar-refractivity contribution in [3.63, 3.8) is 0 Å². The third kappa shape index (κ3) is 2.45. The lowest BCUT2D eigenvalue weighted by molar-refractivity contribution is -0.136. The standard InChI is InChI=1S/C11H12N4O2S/c1-7(10(16)17)18-11-14-13-9(15(11)12)8-5-3-2-4-6-8/h2-7H,12H2,1H3,(H,16,17)/t7-/m1/s1. The Labute approximate surface area is 108 Å². The fraction of sp³-hybridized carbons (Fsp3) is 0.182. The summed E-state index contributed by atoms with van der Waals surface area (Å²) in [5.74, 6) is 5.46. The molecule has 0 radical (unpaired) electrons. The molecule has 1 atom stereocenters. The molecule has 18 heavy (non-hydrogen) atoms. The molecule has 0 fully saturated rings. The molecule has 1 aromatic heterocycles. The van der Waals surface area contributed by atoms with E-state index in [-0.39, 0.29) is 0 Å². The molecule has 0 unspecified atom stereocenters. The molecule has 6 nitrogen and oxygen atoms in total. The summed E-state index contributed by atoms with van der Waals surface area (Å²) in [4.78, 5) is 10.8. The molecule has 0 aliphatic carbocycles. The monoisotopic (exact) mass is 264 g/mol. The molecule has 0 spiro atoms. The first kappa shape index (κ1) is 12.4. The van der Waals surface area contributed by atoms with Gasteiger partial charge >= 0.3 is 5.97 Å². The van der Waals surface area contributed by atoms with E-state index >= 15 is 0 Å². The maximum Gasteiger partial charge on any atom is 0.316 e. The Morgan fingerprint density at radius 3 is 2.67 bits per heavy atom. The fourth-order valence-electron chi connectivity index (χ4n) is 1.35. The molecule has 3 N–H and O–H groups in total. The van der Waals surface area contributed by atoms with E-state index in [4.69, 9.17) is 10.9 Å². The smallest absolute Gasteiger partial charge is 0.316 e. The SMILES string of the molecule is C[C@@H](Sc1nnc(-c2ccccc2)n1N)C(=O)O. The molecule has 0 amide bonds. The Kier molecular flexibility index (Phi) is 3.52. The van der Waals surface area contributed by atoms with Crippen LogP contribution < -0.4 is 5.84 Å². The quantitative estimate of drug-likeness (QED) is 0.637. The molecule has 1 aromatic carbocycles. The maximum atomic E-state index is 10.8. The minimum atomic E-state index is -0.913. The zero-order valence-corrected chi connectivity index (χ0v) is 10.5. The summed E-state index contributed by atoms with van der Waals surface area (Å²) in [6.07, 6.45) is 0. The average Bonchev–Trinajstić information content (AvgIpc) is 2.72. The van der Waals surface area contributed by atoms with Gasteiger partial charge in [-0.1, -0.05) is 42.1 Å². The van der Waals surface area contributed by atoms with Gasteiger partial charge in [0.05, 0.1) is 0 Å². The summed E-state index contributed by atoms with van der Waals surface area (Å²) in [5.41, 5.74) is 0.835. The molecule has 0 aliphatic heterocycles. The number of hydrogen-bond donors (Lipinski definition) is 2. The van der Waals surface area contributed by atoms with Gasteiger partial charge in [-0.25, -0.2) is 4.68 Å². The van der Waals surface area contributed by atoms with E-state index in [1.54, 1.807) is 6.92 Å². The summed E-state index contributed by atoms with van der Waals surface area (Å²) in [7, 11) is 0. The van der Waals surface area contributed by atoms with E-state index in [1.807, 2.05) is 30.3 Å². The third-order valence-electron chi connectivity index (χ3n) is 2.33. The summed E-state index contributed by atoms with van der Waals surface area (Å²) >= 11 is 1.06. The van der Waals surface area contributed by atoms with Crippen molar-refractivity contribution in [3.8, 4) is 11.4 Å². The number of carbonyl (C=O) groups is 1. The number of carboxylic acid groups (broad SMARTS) is 1. The predicted octanol–water partition coefficient (Wildman–Crippen LogP) is 1.22. The van der Waals surface area contributed by atoms with Gasteiger partial charge in [0.2, 0.25) is 5.16 Å². The lowest BCUT2D eigenvalue weighted by atomic mass is 10.2. The van der Waals surface area contributed by atoms with Crippen LogP contribution in [0.15, 0.2) is 35.5 Å². The van der Waals surface area contributed by atoms with Crippen LogP contribution in [0.1, 0.15) is 6.92 Å². The van der Waals surface area contributed by atoms with Gasteiger partial charge < -0.3 is 10.9 Å². The van der Waals surface area contributed by atoms with Gasteiger partial charge in [-0.05, 0) is 6.92 Å². The number of benzene rings is 1. The zero-order valence-electron chi connectivity index (χ0n) is 9.65. The molecule has 0 saturated carbocycles. The molecule has 7 heteroatoms. The number of thioether (sulfide) groups is 1. The zero-order chi connectivity index (χ0) is 13.1. The minimum absolute atomic E-state index is 0.378. The largest absolute Gasteiger partial charge is 0.480 e. The van der Waals surface area contributed by atoms with Gasteiger partial charge in [0, 0.05) is 5.56 Å². The summed E-state index contributed by atoms with van der Waals surface area (Å²) in [6.45, 7) is 1.57. The van der Waals surface area contributed by atoms with E-state index in [0.717, 1.165) is 17.3 Å². The summed E-state index contributed by atoms with van der Waals surface area (Å²) in [6, 6.07) is 9.36. The second-order valence-electron chi connectivity index (χ2n) is 3.64. The minimum Gasteiger partial charge on any atom is -0.480 e. The molecule has 2 rings (SSSR count). The number of nitrogens with zero attached hydrogens (tertiary/aromatic N) is 3. The number of aliphatic carboxylic acids is 1. The topological polar surface area (TPSA) is 94.0 Å². The molecular weight excluding hydrogens is 252 g/mol. The first-order chi connectivity index (χ1) is 8.59. The lowest BCUT2D eigenvalue weighted by Crippen LogP contribution is -2.16. The van der Waals surface area contributed by atoms with Crippen LogP contribution in [0.25, 0.3) is 11.4 Å². The maximum absolute atomic E-state index is 10.8. The molecule has 1 heterocycles. The molecule has 0 aliphatic rings. The van der Waals surface area contributed by atoms with Crippen LogP contribution in [0.5, 0.6) is 0 Å². The third-order valence-corrected chi connectivity index (χ3v) is 3.37. The second kappa shape index (κ2) is 5.09. The number of nitrogen functional groups attached to an aromatic ring is 1. The summed E-state index contributed by atoms with van der Waals surface area (Å²) < 4.78 is 1.30. The van der Waals surface area contributed by atoms with Gasteiger partial charge in [-0.3, -0.25) is 4.79 Å². The molecular formula is C11H12N4O2S. The van der Waals surface area contributed by atoms with Crippen LogP contribution in [0.3, 0.4) is 0 Å². The Balaban J connectivity index is 2.27. The lowest BCUT2D eigenvalue weighted by Gasteiger charge is -2.05. The normalized spacial score (nSPS) is 12.3. The molecule has 0 saturated heterocycles. The number of hydrogen-bond acceptors (Lipinski definition) is 5. The second-order valence-corrected chi connectivity index (χ2v) is 4.95. The van der Waals surface area contributed by atoms with Crippen molar-refractivity contribution in [3.05, 3.63) is 30.3 Å². The Morgan fingerprint density at radius 2 is 2.06 bits per heavy atom. The first-order valence-corrected chi connectivity index (χ1v) is 6.13. The Bertz CT molecular complexity index is 555. The average molecular weight is 264 g/mol. The first-order valence-electron chi connectivity index (χ1n) is 5.25. The predicted molar refractivity (Wildman–Crippen MR) is 68.6 cm³/mol. The van der Waals surface area contributed by atoms with Gasteiger partial charge in [-0.2, -0.15) is 0 Å². The highest BCUT2D eigenvalue weighted by Crippen LogP contribution is 2.24. The molecule has 94 valence electrons. The van der Waals surface area contributed by atoms with E-state index in [1.165, 1.54) is 4.68 Å². The van der Waals surface area contributed by atoms with Crippen molar-refractivity contribution in [2.24, 2.45) is 0 Å².